The lowest BCUT2D eigenvalue weighted by Crippen LogP contribution is -1.93. The van der Waals surface area contributed by atoms with Gasteiger partial charge in [0.15, 0.2) is 0 Å². The monoisotopic (exact) mass is 177 g/mol. The highest BCUT2D eigenvalue weighted by Gasteiger charge is 1.91. The lowest BCUT2D eigenvalue weighted by atomic mass is 10.2. The summed E-state index contributed by atoms with van der Waals surface area (Å²) in [5.41, 5.74) is 6.48. The molecule has 0 heterocycles. The Morgan fingerprint density at radius 2 is 2.31 bits per heavy atom. The second kappa shape index (κ2) is 5.38. The summed E-state index contributed by atoms with van der Waals surface area (Å²) in [6, 6.07) is 7.94. The Labute approximate surface area is 79.0 Å². The van der Waals surface area contributed by atoms with Crippen molar-refractivity contribution >= 4 is 6.08 Å². The van der Waals surface area contributed by atoms with E-state index in [-0.39, 0.29) is 0 Å². The minimum absolute atomic E-state index is 0.568. The smallest absolute Gasteiger partial charge is 0.119 e. The molecule has 0 radical (unpaired) electrons. The molecule has 0 saturated heterocycles. The van der Waals surface area contributed by atoms with Gasteiger partial charge in [0, 0.05) is 6.54 Å². The molecule has 0 aromatic heterocycles. The first-order chi connectivity index (χ1) is 6.36. The SMILES string of the molecule is CCOc1cccc(C=CCN)c1. The molecular weight excluding hydrogens is 162 g/mol. The summed E-state index contributed by atoms with van der Waals surface area (Å²) < 4.78 is 5.36. The molecule has 2 N–H and O–H groups in total. The second-order valence-electron chi connectivity index (χ2n) is 2.64. The van der Waals surface area contributed by atoms with Gasteiger partial charge in [0.25, 0.3) is 0 Å². The van der Waals surface area contributed by atoms with Crippen LogP contribution in [0.25, 0.3) is 6.08 Å². The minimum atomic E-state index is 0.568. The van der Waals surface area contributed by atoms with Crippen LogP contribution in [0.1, 0.15) is 12.5 Å². The van der Waals surface area contributed by atoms with Crippen molar-refractivity contribution in [3.63, 3.8) is 0 Å². The highest BCUT2D eigenvalue weighted by atomic mass is 16.5. The number of rotatable bonds is 4. The zero-order valence-electron chi connectivity index (χ0n) is 7.86. The van der Waals surface area contributed by atoms with Gasteiger partial charge in [-0.25, -0.2) is 0 Å². The normalized spacial score (nSPS) is 10.6. The van der Waals surface area contributed by atoms with Crippen LogP contribution in [-0.4, -0.2) is 13.2 Å². The maximum absolute atomic E-state index is 5.36. The average Bonchev–Trinajstić information content (AvgIpc) is 2.16. The molecule has 2 heteroatoms. The lowest BCUT2D eigenvalue weighted by Gasteiger charge is -2.02. The molecule has 70 valence electrons. The molecule has 0 fully saturated rings. The van der Waals surface area contributed by atoms with Gasteiger partial charge in [0.2, 0.25) is 0 Å². The number of hydrogen-bond acceptors (Lipinski definition) is 2. The van der Waals surface area contributed by atoms with Gasteiger partial charge < -0.3 is 10.5 Å². The van der Waals surface area contributed by atoms with Crippen LogP contribution in [0.3, 0.4) is 0 Å². The second-order valence-corrected chi connectivity index (χ2v) is 2.64. The Morgan fingerprint density at radius 1 is 1.46 bits per heavy atom. The Bertz CT molecular complexity index is 281. The van der Waals surface area contributed by atoms with Crippen molar-refractivity contribution in [2.45, 2.75) is 6.92 Å². The standard InChI is InChI=1S/C11H15NO/c1-2-13-11-7-3-5-10(9-11)6-4-8-12/h3-7,9H,2,8,12H2,1H3. The molecule has 0 atom stereocenters. The largest absolute Gasteiger partial charge is 0.494 e. The topological polar surface area (TPSA) is 35.2 Å². The maximum atomic E-state index is 5.36. The van der Waals surface area contributed by atoms with Gasteiger partial charge in [-0.05, 0) is 24.6 Å². The third-order valence-corrected chi connectivity index (χ3v) is 1.62. The molecular formula is C11H15NO. The average molecular weight is 177 g/mol. The fourth-order valence-corrected chi connectivity index (χ4v) is 1.08. The van der Waals surface area contributed by atoms with E-state index in [0.717, 1.165) is 11.3 Å². The molecule has 0 aliphatic rings. The molecule has 2 nitrogen and oxygen atoms in total. The van der Waals surface area contributed by atoms with Gasteiger partial charge in [-0.15, -0.1) is 0 Å². The van der Waals surface area contributed by atoms with E-state index in [1.807, 2.05) is 43.3 Å². The molecule has 1 rings (SSSR count). The van der Waals surface area contributed by atoms with Crippen LogP contribution >= 0.6 is 0 Å². The van der Waals surface area contributed by atoms with Crippen LogP contribution < -0.4 is 10.5 Å². The van der Waals surface area contributed by atoms with Crippen LogP contribution in [0.2, 0.25) is 0 Å². The number of ether oxygens (including phenoxy) is 1. The van der Waals surface area contributed by atoms with E-state index in [1.165, 1.54) is 0 Å². The van der Waals surface area contributed by atoms with Crippen molar-refractivity contribution < 1.29 is 4.74 Å². The minimum Gasteiger partial charge on any atom is -0.494 e. The summed E-state index contributed by atoms with van der Waals surface area (Å²) in [7, 11) is 0. The van der Waals surface area contributed by atoms with E-state index in [2.05, 4.69) is 0 Å². The molecule has 1 aromatic rings. The summed E-state index contributed by atoms with van der Waals surface area (Å²) in [6.45, 7) is 3.24. The van der Waals surface area contributed by atoms with Gasteiger partial charge in [-0.1, -0.05) is 24.3 Å². The van der Waals surface area contributed by atoms with Gasteiger partial charge in [0.05, 0.1) is 6.61 Å². The third-order valence-electron chi connectivity index (χ3n) is 1.62. The number of benzene rings is 1. The Kier molecular flexibility index (Phi) is 4.06. The summed E-state index contributed by atoms with van der Waals surface area (Å²) in [4.78, 5) is 0. The quantitative estimate of drug-likeness (QED) is 0.764. The fraction of sp³-hybridized carbons (Fsp3) is 0.273. The van der Waals surface area contributed by atoms with Crippen LogP contribution in [0, 0.1) is 0 Å². The van der Waals surface area contributed by atoms with Crippen molar-refractivity contribution in [1.82, 2.24) is 0 Å². The zero-order valence-corrected chi connectivity index (χ0v) is 7.86. The summed E-state index contributed by atoms with van der Waals surface area (Å²) in [5, 5.41) is 0. The highest BCUT2D eigenvalue weighted by Crippen LogP contribution is 2.13. The first-order valence-corrected chi connectivity index (χ1v) is 4.46. The first-order valence-electron chi connectivity index (χ1n) is 4.46. The van der Waals surface area contributed by atoms with Crippen LogP contribution in [0.5, 0.6) is 5.75 Å². The molecule has 0 bridgehead atoms. The van der Waals surface area contributed by atoms with Crippen LogP contribution in [0.4, 0.5) is 0 Å². The van der Waals surface area contributed by atoms with Crippen LogP contribution in [-0.2, 0) is 0 Å². The molecule has 1 aromatic carbocycles. The van der Waals surface area contributed by atoms with E-state index >= 15 is 0 Å². The molecule has 0 aliphatic carbocycles. The molecule has 0 saturated carbocycles. The molecule has 0 spiro atoms. The van der Waals surface area contributed by atoms with Crippen molar-refractivity contribution in [2.24, 2.45) is 5.73 Å². The zero-order chi connectivity index (χ0) is 9.52. The summed E-state index contributed by atoms with van der Waals surface area (Å²) in [6.07, 6.45) is 3.91. The van der Waals surface area contributed by atoms with Gasteiger partial charge in [0.1, 0.15) is 5.75 Å². The maximum Gasteiger partial charge on any atom is 0.119 e. The third kappa shape index (κ3) is 3.30. The molecule has 0 amide bonds. The Balaban J connectivity index is 2.73. The van der Waals surface area contributed by atoms with E-state index in [1.54, 1.807) is 0 Å². The predicted octanol–water partition coefficient (Wildman–Crippen LogP) is 2.06. The molecule has 13 heavy (non-hydrogen) atoms. The van der Waals surface area contributed by atoms with Gasteiger partial charge in [-0.3, -0.25) is 0 Å². The first kappa shape index (κ1) is 9.81. The van der Waals surface area contributed by atoms with Crippen molar-refractivity contribution in [1.29, 1.82) is 0 Å². The van der Waals surface area contributed by atoms with E-state index < -0.39 is 0 Å². The van der Waals surface area contributed by atoms with Gasteiger partial charge in [-0.2, -0.15) is 0 Å². The van der Waals surface area contributed by atoms with Crippen molar-refractivity contribution in [3.05, 3.63) is 35.9 Å². The molecule has 0 aliphatic heterocycles. The van der Waals surface area contributed by atoms with E-state index in [9.17, 15) is 0 Å². The number of hydrogen-bond donors (Lipinski definition) is 1. The predicted molar refractivity (Wildman–Crippen MR) is 55.7 cm³/mol. The van der Waals surface area contributed by atoms with Crippen LogP contribution in [0.15, 0.2) is 30.3 Å². The number of nitrogens with two attached hydrogens (primary N) is 1. The molecule has 0 unspecified atom stereocenters. The van der Waals surface area contributed by atoms with E-state index in [4.69, 9.17) is 10.5 Å². The summed E-state index contributed by atoms with van der Waals surface area (Å²) >= 11 is 0. The summed E-state index contributed by atoms with van der Waals surface area (Å²) in [5.74, 6) is 0.904. The lowest BCUT2D eigenvalue weighted by molar-refractivity contribution is 0.340. The Morgan fingerprint density at radius 3 is 3.00 bits per heavy atom. The van der Waals surface area contributed by atoms with Crippen molar-refractivity contribution in [2.75, 3.05) is 13.2 Å². The van der Waals surface area contributed by atoms with Gasteiger partial charge >= 0.3 is 0 Å². The Hall–Kier alpha value is -1.28. The highest BCUT2D eigenvalue weighted by molar-refractivity contribution is 5.51. The fourth-order valence-electron chi connectivity index (χ4n) is 1.08. The van der Waals surface area contributed by atoms with E-state index in [0.29, 0.717) is 13.2 Å². The van der Waals surface area contributed by atoms with Crippen molar-refractivity contribution in [3.8, 4) is 5.75 Å².